The normalized spacial score (nSPS) is 13.2. The Hall–Kier alpha value is -2.38. The number of hydrogen-bond donors (Lipinski definition) is 1. The Balaban J connectivity index is 1.81. The van der Waals surface area contributed by atoms with Crippen molar-refractivity contribution in [3.8, 4) is 11.5 Å². The zero-order valence-electron chi connectivity index (χ0n) is 10.4. The topological polar surface area (TPSA) is 81.8 Å². The van der Waals surface area contributed by atoms with Gasteiger partial charge in [-0.15, -0.1) is 0 Å². The van der Waals surface area contributed by atoms with Crippen molar-refractivity contribution in [1.82, 2.24) is 0 Å². The molecule has 0 radical (unpaired) electrons. The number of non-ortho nitro benzene ring substituents is 1. The highest BCUT2D eigenvalue weighted by Gasteiger charge is 2.27. The summed E-state index contributed by atoms with van der Waals surface area (Å²) in [5.74, 6) is 1.03. The van der Waals surface area contributed by atoms with Crippen molar-refractivity contribution in [2.75, 3.05) is 0 Å². The molecule has 7 heteroatoms. The quantitative estimate of drug-likeness (QED) is 0.521. The van der Waals surface area contributed by atoms with E-state index >= 15 is 0 Å². The smallest absolute Gasteiger partial charge is 0.457 e. The van der Waals surface area contributed by atoms with Crippen molar-refractivity contribution in [1.29, 1.82) is 0 Å². The number of rotatable bonds is 3. The van der Waals surface area contributed by atoms with Crippen LogP contribution in [-0.4, -0.2) is 17.1 Å². The molecule has 0 saturated heterocycles. The summed E-state index contributed by atoms with van der Waals surface area (Å²) in [4.78, 5) is 10.1. The second-order valence-electron chi connectivity index (χ2n) is 4.38. The van der Waals surface area contributed by atoms with E-state index in [-0.39, 0.29) is 5.69 Å². The number of benzene rings is 2. The summed E-state index contributed by atoms with van der Waals surface area (Å²) in [6.45, 7) is 0.383. The van der Waals surface area contributed by atoms with Gasteiger partial charge in [0.1, 0.15) is 11.5 Å². The van der Waals surface area contributed by atoms with Crippen LogP contribution in [-0.2, 0) is 11.3 Å². The van der Waals surface area contributed by atoms with Crippen molar-refractivity contribution in [2.24, 2.45) is 0 Å². The maximum atomic E-state index is 10.6. The summed E-state index contributed by atoms with van der Waals surface area (Å²) in [5, 5.41) is 20.2. The zero-order valence-corrected chi connectivity index (χ0v) is 10.4. The predicted octanol–water partition coefficient (Wildman–Crippen LogP) is 1.60. The minimum absolute atomic E-state index is 0.00938. The van der Waals surface area contributed by atoms with Gasteiger partial charge in [0, 0.05) is 12.1 Å². The summed E-state index contributed by atoms with van der Waals surface area (Å²) >= 11 is 0. The fourth-order valence-electron chi connectivity index (χ4n) is 2.03. The van der Waals surface area contributed by atoms with Crippen LogP contribution in [0.5, 0.6) is 11.5 Å². The van der Waals surface area contributed by atoms with Gasteiger partial charge >= 0.3 is 7.12 Å². The maximum absolute atomic E-state index is 10.6. The molecule has 1 aliphatic heterocycles. The van der Waals surface area contributed by atoms with Crippen LogP contribution in [0.15, 0.2) is 42.5 Å². The highest BCUT2D eigenvalue weighted by molar-refractivity contribution is 6.61. The molecule has 0 atom stereocenters. The molecular formula is C13H10BNO5. The fourth-order valence-corrected chi connectivity index (χ4v) is 2.03. The lowest BCUT2D eigenvalue weighted by molar-refractivity contribution is -0.384. The molecule has 20 heavy (non-hydrogen) atoms. The minimum Gasteiger partial charge on any atom is -0.457 e. The average Bonchev–Trinajstić information content (AvgIpc) is 2.81. The first-order valence-corrected chi connectivity index (χ1v) is 5.98. The highest BCUT2D eigenvalue weighted by Crippen LogP contribution is 2.24. The van der Waals surface area contributed by atoms with Gasteiger partial charge in [-0.3, -0.25) is 10.1 Å². The zero-order chi connectivity index (χ0) is 14.1. The van der Waals surface area contributed by atoms with Gasteiger partial charge < -0.3 is 14.4 Å². The van der Waals surface area contributed by atoms with Gasteiger partial charge in [-0.2, -0.15) is 0 Å². The molecule has 0 spiro atoms. The van der Waals surface area contributed by atoms with Crippen LogP contribution < -0.4 is 10.2 Å². The van der Waals surface area contributed by atoms with Crippen LogP contribution in [0.25, 0.3) is 0 Å². The summed E-state index contributed by atoms with van der Waals surface area (Å²) in [6.07, 6.45) is 0. The van der Waals surface area contributed by atoms with Crippen molar-refractivity contribution >= 4 is 18.3 Å². The van der Waals surface area contributed by atoms with Gasteiger partial charge in [-0.1, -0.05) is 6.07 Å². The van der Waals surface area contributed by atoms with Gasteiger partial charge in [0.25, 0.3) is 5.69 Å². The molecule has 0 saturated carbocycles. The lowest BCUT2D eigenvalue weighted by Crippen LogP contribution is -2.27. The number of nitro benzene ring substituents is 1. The molecule has 100 valence electrons. The highest BCUT2D eigenvalue weighted by atomic mass is 16.6. The van der Waals surface area contributed by atoms with Crippen LogP contribution >= 0.6 is 0 Å². The fraction of sp³-hybridized carbons (Fsp3) is 0.0769. The first-order chi connectivity index (χ1) is 9.63. The second kappa shape index (κ2) is 4.95. The monoisotopic (exact) mass is 271 g/mol. The standard InChI is InChI=1S/C13H10BNO5/c16-14-13-7-12(4-1-9(13)8-19-14)20-11-5-2-10(3-6-11)15(17)18/h1-7,16H,8H2. The average molecular weight is 271 g/mol. The molecule has 0 unspecified atom stereocenters. The van der Waals surface area contributed by atoms with E-state index in [2.05, 4.69) is 0 Å². The molecule has 0 aromatic heterocycles. The Morgan fingerprint density at radius 3 is 2.60 bits per heavy atom. The van der Waals surface area contributed by atoms with E-state index in [1.807, 2.05) is 6.07 Å². The van der Waals surface area contributed by atoms with Crippen molar-refractivity contribution in [3.63, 3.8) is 0 Å². The Morgan fingerprint density at radius 2 is 1.90 bits per heavy atom. The number of hydrogen-bond acceptors (Lipinski definition) is 5. The largest absolute Gasteiger partial charge is 0.491 e. The van der Waals surface area contributed by atoms with Gasteiger partial charge in [-0.05, 0) is 35.3 Å². The lowest BCUT2D eigenvalue weighted by atomic mass is 9.79. The number of ether oxygens (including phenoxy) is 1. The first-order valence-electron chi connectivity index (χ1n) is 5.98. The number of nitrogens with zero attached hydrogens (tertiary/aromatic N) is 1. The molecule has 0 aliphatic carbocycles. The van der Waals surface area contributed by atoms with Gasteiger partial charge in [0.15, 0.2) is 0 Å². The molecule has 1 aliphatic rings. The van der Waals surface area contributed by atoms with E-state index in [4.69, 9.17) is 9.39 Å². The number of nitro groups is 1. The van der Waals surface area contributed by atoms with E-state index in [0.29, 0.717) is 23.6 Å². The molecule has 6 nitrogen and oxygen atoms in total. The van der Waals surface area contributed by atoms with Gasteiger partial charge in [-0.25, -0.2) is 0 Å². The molecule has 2 aromatic rings. The van der Waals surface area contributed by atoms with E-state index in [0.717, 1.165) is 5.56 Å². The van der Waals surface area contributed by atoms with Crippen LogP contribution in [0.3, 0.4) is 0 Å². The van der Waals surface area contributed by atoms with E-state index < -0.39 is 12.0 Å². The second-order valence-corrected chi connectivity index (χ2v) is 4.38. The molecule has 0 amide bonds. The predicted molar refractivity (Wildman–Crippen MR) is 72.0 cm³/mol. The molecule has 0 bridgehead atoms. The van der Waals surface area contributed by atoms with Crippen LogP contribution in [0, 0.1) is 10.1 Å². The summed E-state index contributed by atoms with van der Waals surface area (Å²) < 4.78 is 10.7. The van der Waals surface area contributed by atoms with Crippen LogP contribution in [0.4, 0.5) is 5.69 Å². The maximum Gasteiger partial charge on any atom is 0.491 e. The van der Waals surface area contributed by atoms with Crippen molar-refractivity contribution in [3.05, 3.63) is 58.1 Å². The first kappa shape index (κ1) is 12.6. The molecule has 0 fully saturated rings. The molecular weight excluding hydrogens is 261 g/mol. The third kappa shape index (κ3) is 2.36. The molecule has 3 rings (SSSR count). The van der Waals surface area contributed by atoms with Crippen LogP contribution in [0.2, 0.25) is 0 Å². The van der Waals surface area contributed by atoms with E-state index in [1.165, 1.54) is 24.3 Å². The molecule has 1 N–H and O–H groups in total. The third-order valence-corrected chi connectivity index (χ3v) is 3.06. The van der Waals surface area contributed by atoms with E-state index in [1.54, 1.807) is 12.1 Å². The third-order valence-electron chi connectivity index (χ3n) is 3.06. The summed E-state index contributed by atoms with van der Waals surface area (Å²) in [5.41, 5.74) is 1.62. The Morgan fingerprint density at radius 1 is 1.20 bits per heavy atom. The van der Waals surface area contributed by atoms with E-state index in [9.17, 15) is 15.1 Å². The Kier molecular flexibility index (Phi) is 3.13. The molecule has 2 aromatic carbocycles. The molecule has 1 heterocycles. The Labute approximate surface area is 114 Å². The van der Waals surface area contributed by atoms with Gasteiger partial charge in [0.2, 0.25) is 0 Å². The Bertz CT molecular complexity index is 658. The van der Waals surface area contributed by atoms with Crippen molar-refractivity contribution in [2.45, 2.75) is 6.61 Å². The van der Waals surface area contributed by atoms with Gasteiger partial charge in [0.05, 0.1) is 11.5 Å². The minimum atomic E-state index is -0.926. The van der Waals surface area contributed by atoms with Crippen LogP contribution in [0.1, 0.15) is 5.56 Å². The van der Waals surface area contributed by atoms with Crippen molar-refractivity contribution < 1.29 is 19.3 Å². The SMILES string of the molecule is O=[N+]([O-])c1ccc(Oc2ccc3c(c2)B(O)OC3)cc1. The summed E-state index contributed by atoms with van der Waals surface area (Å²) in [7, 11) is -0.926. The summed E-state index contributed by atoms with van der Waals surface area (Å²) in [6, 6.07) is 11.1. The lowest BCUT2D eigenvalue weighted by Gasteiger charge is -2.07. The number of fused-ring (bicyclic) bond motifs is 1.